The summed E-state index contributed by atoms with van der Waals surface area (Å²) in [5.41, 5.74) is 0.606. The van der Waals surface area contributed by atoms with Crippen LogP contribution in [0.4, 0.5) is 14.9 Å². The van der Waals surface area contributed by atoms with E-state index in [1.165, 1.54) is 34.1 Å². The van der Waals surface area contributed by atoms with E-state index in [-0.39, 0.29) is 37.5 Å². The van der Waals surface area contributed by atoms with Crippen LogP contribution in [0, 0.1) is 5.82 Å². The number of aliphatic hydroxyl groups excluding tert-OH is 1. The monoisotopic (exact) mass is 281 g/mol. The van der Waals surface area contributed by atoms with Crippen molar-refractivity contribution < 1.29 is 19.1 Å². The van der Waals surface area contributed by atoms with Gasteiger partial charge in [0.05, 0.1) is 6.61 Å². The molecule has 6 nitrogen and oxygen atoms in total. The Balaban J connectivity index is 1.95. The summed E-state index contributed by atoms with van der Waals surface area (Å²) < 4.78 is 12.9. The normalized spacial score (nSPS) is 14.8. The van der Waals surface area contributed by atoms with E-state index in [2.05, 4.69) is 5.32 Å². The van der Waals surface area contributed by atoms with Crippen molar-refractivity contribution in [2.24, 2.45) is 0 Å². The Bertz CT molecular complexity index is 492. The topological polar surface area (TPSA) is 72.9 Å². The first kappa shape index (κ1) is 14.3. The third-order valence-corrected chi connectivity index (χ3v) is 3.00. The molecule has 1 saturated heterocycles. The molecule has 2 rings (SSSR count). The summed E-state index contributed by atoms with van der Waals surface area (Å²) >= 11 is 0. The average molecular weight is 281 g/mol. The van der Waals surface area contributed by atoms with Crippen LogP contribution in [0.1, 0.15) is 0 Å². The lowest BCUT2D eigenvalue weighted by molar-refractivity contribution is -0.121. The molecule has 0 radical (unpaired) electrons. The van der Waals surface area contributed by atoms with Crippen LogP contribution in [0.25, 0.3) is 0 Å². The molecule has 1 aromatic carbocycles. The maximum atomic E-state index is 12.9. The molecule has 0 spiro atoms. The van der Waals surface area contributed by atoms with Crippen LogP contribution in [0.5, 0.6) is 0 Å². The fourth-order valence-corrected chi connectivity index (χ4v) is 2.01. The molecule has 0 bridgehead atoms. The van der Waals surface area contributed by atoms with Crippen molar-refractivity contribution in [3.63, 3.8) is 0 Å². The van der Waals surface area contributed by atoms with Gasteiger partial charge in [-0.05, 0) is 24.3 Å². The Kier molecular flexibility index (Phi) is 4.52. The summed E-state index contributed by atoms with van der Waals surface area (Å²) in [5, 5.41) is 11.1. The van der Waals surface area contributed by atoms with E-state index in [1.54, 1.807) is 0 Å². The summed E-state index contributed by atoms with van der Waals surface area (Å²) in [4.78, 5) is 26.5. The van der Waals surface area contributed by atoms with Crippen molar-refractivity contribution in [3.05, 3.63) is 30.1 Å². The number of rotatable bonds is 5. The third kappa shape index (κ3) is 3.24. The van der Waals surface area contributed by atoms with E-state index >= 15 is 0 Å². The van der Waals surface area contributed by atoms with Gasteiger partial charge < -0.3 is 15.3 Å². The van der Waals surface area contributed by atoms with E-state index in [0.29, 0.717) is 18.8 Å². The zero-order valence-electron chi connectivity index (χ0n) is 10.9. The SMILES string of the molecule is O=C(CN1CCN(c2ccc(F)cc2)C1=O)NCCO. The van der Waals surface area contributed by atoms with Gasteiger partial charge >= 0.3 is 6.03 Å². The van der Waals surface area contributed by atoms with E-state index in [9.17, 15) is 14.0 Å². The number of aliphatic hydroxyl groups is 1. The molecule has 0 unspecified atom stereocenters. The smallest absolute Gasteiger partial charge is 0.325 e. The number of nitrogens with one attached hydrogen (secondary N) is 1. The molecule has 3 amide bonds. The summed E-state index contributed by atoms with van der Waals surface area (Å²) in [6, 6.07) is 5.36. The number of amides is 3. The Hall–Kier alpha value is -2.15. The van der Waals surface area contributed by atoms with Gasteiger partial charge in [0.15, 0.2) is 0 Å². The quantitative estimate of drug-likeness (QED) is 0.808. The minimum atomic E-state index is -0.361. The van der Waals surface area contributed by atoms with Gasteiger partial charge in [0.25, 0.3) is 0 Å². The van der Waals surface area contributed by atoms with Gasteiger partial charge in [0, 0.05) is 25.3 Å². The van der Waals surface area contributed by atoms with Crippen molar-refractivity contribution in [1.29, 1.82) is 0 Å². The molecule has 0 saturated carbocycles. The number of carbonyl (C=O) groups is 2. The van der Waals surface area contributed by atoms with E-state index in [1.807, 2.05) is 0 Å². The summed E-state index contributed by atoms with van der Waals surface area (Å²) in [6.45, 7) is 0.876. The molecule has 1 fully saturated rings. The maximum Gasteiger partial charge on any atom is 0.325 e. The number of halogens is 1. The Morgan fingerprint density at radius 3 is 2.65 bits per heavy atom. The minimum Gasteiger partial charge on any atom is -0.395 e. The predicted molar refractivity (Wildman–Crippen MR) is 70.8 cm³/mol. The molecule has 108 valence electrons. The maximum absolute atomic E-state index is 12.9. The molecular formula is C13H16FN3O3. The van der Waals surface area contributed by atoms with E-state index < -0.39 is 0 Å². The predicted octanol–water partition coefficient (Wildman–Crippen LogP) is 0.176. The molecule has 2 N–H and O–H groups in total. The van der Waals surface area contributed by atoms with Gasteiger partial charge in [-0.3, -0.25) is 9.69 Å². The van der Waals surface area contributed by atoms with Gasteiger partial charge in [0.2, 0.25) is 5.91 Å². The zero-order valence-corrected chi connectivity index (χ0v) is 10.9. The first-order chi connectivity index (χ1) is 9.61. The van der Waals surface area contributed by atoms with Gasteiger partial charge in [-0.1, -0.05) is 0 Å². The van der Waals surface area contributed by atoms with Gasteiger partial charge in [-0.2, -0.15) is 0 Å². The van der Waals surface area contributed by atoms with E-state index in [4.69, 9.17) is 5.11 Å². The van der Waals surface area contributed by atoms with Crippen molar-refractivity contribution >= 4 is 17.6 Å². The lowest BCUT2D eigenvalue weighted by Crippen LogP contribution is -2.40. The summed E-state index contributed by atoms with van der Waals surface area (Å²) in [7, 11) is 0. The van der Waals surface area contributed by atoms with Crippen molar-refractivity contribution in [2.45, 2.75) is 0 Å². The highest BCUT2D eigenvalue weighted by atomic mass is 19.1. The molecular weight excluding hydrogens is 265 g/mol. The van der Waals surface area contributed by atoms with Gasteiger partial charge in [0.1, 0.15) is 12.4 Å². The fourth-order valence-electron chi connectivity index (χ4n) is 2.01. The second kappa shape index (κ2) is 6.33. The largest absolute Gasteiger partial charge is 0.395 e. The van der Waals surface area contributed by atoms with Crippen molar-refractivity contribution in [1.82, 2.24) is 10.2 Å². The lowest BCUT2D eigenvalue weighted by Gasteiger charge is -2.18. The van der Waals surface area contributed by atoms with Crippen LogP contribution < -0.4 is 10.2 Å². The lowest BCUT2D eigenvalue weighted by atomic mass is 10.3. The molecule has 0 aromatic heterocycles. The van der Waals surface area contributed by atoms with E-state index in [0.717, 1.165) is 0 Å². The number of benzene rings is 1. The van der Waals surface area contributed by atoms with Crippen molar-refractivity contribution in [3.8, 4) is 0 Å². The van der Waals surface area contributed by atoms with Crippen LogP contribution in [-0.4, -0.2) is 54.7 Å². The number of hydrogen-bond donors (Lipinski definition) is 2. The van der Waals surface area contributed by atoms with Gasteiger partial charge in [-0.15, -0.1) is 0 Å². The molecule has 1 heterocycles. The molecule has 1 aromatic rings. The highest BCUT2D eigenvalue weighted by Crippen LogP contribution is 2.20. The van der Waals surface area contributed by atoms with Crippen molar-refractivity contribution in [2.75, 3.05) is 37.7 Å². The van der Waals surface area contributed by atoms with Crippen LogP contribution in [0.2, 0.25) is 0 Å². The Morgan fingerprint density at radius 1 is 1.30 bits per heavy atom. The first-order valence-corrected chi connectivity index (χ1v) is 6.31. The fraction of sp³-hybridized carbons (Fsp3) is 0.385. The average Bonchev–Trinajstić information content (AvgIpc) is 2.79. The highest BCUT2D eigenvalue weighted by molar-refractivity contribution is 5.96. The second-order valence-electron chi connectivity index (χ2n) is 4.41. The number of carbonyl (C=O) groups excluding carboxylic acids is 2. The molecule has 1 aliphatic heterocycles. The zero-order chi connectivity index (χ0) is 14.5. The highest BCUT2D eigenvalue weighted by Gasteiger charge is 2.30. The van der Waals surface area contributed by atoms with Gasteiger partial charge in [-0.25, -0.2) is 9.18 Å². The molecule has 20 heavy (non-hydrogen) atoms. The standard InChI is InChI=1S/C13H16FN3O3/c14-10-1-3-11(4-2-10)17-7-6-16(13(17)20)9-12(19)15-5-8-18/h1-4,18H,5-9H2,(H,15,19). The van der Waals surface area contributed by atoms with Crippen LogP contribution in [0.15, 0.2) is 24.3 Å². The molecule has 7 heteroatoms. The third-order valence-electron chi connectivity index (χ3n) is 3.00. The first-order valence-electron chi connectivity index (χ1n) is 6.31. The van der Waals surface area contributed by atoms with Crippen LogP contribution in [0.3, 0.4) is 0 Å². The summed E-state index contributed by atoms with van der Waals surface area (Å²) in [6.07, 6.45) is 0. The van der Waals surface area contributed by atoms with Crippen LogP contribution >= 0.6 is 0 Å². The number of nitrogens with zero attached hydrogens (tertiary/aromatic N) is 2. The molecule has 0 aliphatic carbocycles. The molecule has 1 aliphatic rings. The van der Waals surface area contributed by atoms with Crippen LogP contribution in [-0.2, 0) is 4.79 Å². The second-order valence-corrected chi connectivity index (χ2v) is 4.41. The Labute approximate surface area is 115 Å². The number of urea groups is 1. The minimum absolute atomic E-state index is 0.0451. The number of hydrogen-bond acceptors (Lipinski definition) is 3. The summed E-state index contributed by atoms with van der Waals surface area (Å²) in [5.74, 6) is -0.672. The Morgan fingerprint density at radius 2 is 2.00 bits per heavy atom. The molecule has 0 atom stereocenters. The number of anilines is 1.